The van der Waals surface area contributed by atoms with Crippen LogP contribution in [0.25, 0.3) is 0 Å². The topological polar surface area (TPSA) is 76.1 Å². The van der Waals surface area contributed by atoms with E-state index in [9.17, 15) is 9.59 Å². The largest absolute Gasteiger partial charge is 0.481 e. The van der Waals surface area contributed by atoms with Crippen LogP contribution in [0.15, 0.2) is 0 Å². The minimum atomic E-state index is -0.829. The van der Waals surface area contributed by atoms with Crippen LogP contribution in [0.2, 0.25) is 0 Å². The first-order valence-corrected chi connectivity index (χ1v) is 7.32. The Morgan fingerprint density at radius 1 is 1.38 bits per heavy atom. The van der Waals surface area contributed by atoms with Gasteiger partial charge in [-0.25, -0.2) is 0 Å². The number of hydrogen-bond donors (Lipinski definition) is 1. The molecule has 21 heavy (non-hydrogen) atoms. The monoisotopic (exact) mass is 321 g/mol. The summed E-state index contributed by atoms with van der Waals surface area (Å²) in [6, 6.07) is 0. The molecule has 1 amide bonds. The molecule has 2 heterocycles. The van der Waals surface area contributed by atoms with Gasteiger partial charge in [0, 0.05) is 19.7 Å². The zero-order chi connectivity index (χ0) is 14.5. The normalized spacial score (nSPS) is 27.0. The number of carbonyl (C=O) groups is 2. The summed E-state index contributed by atoms with van der Waals surface area (Å²) in [6.45, 7) is 3.72. The van der Waals surface area contributed by atoms with E-state index in [0.29, 0.717) is 26.1 Å². The van der Waals surface area contributed by atoms with Gasteiger partial charge in [0.15, 0.2) is 0 Å². The number of hydrogen-bond acceptors (Lipinski definition) is 4. The van der Waals surface area contributed by atoms with Crippen molar-refractivity contribution in [3.63, 3.8) is 0 Å². The maximum absolute atomic E-state index is 12.2. The molecule has 0 aromatic heterocycles. The third kappa shape index (κ3) is 5.13. The van der Waals surface area contributed by atoms with Gasteiger partial charge in [0.2, 0.25) is 0 Å². The van der Waals surface area contributed by atoms with Crippen molar-refractivity contribution in [2.45, 2.75) is 44.8 Å². The Kier molecular flexibility index (Phi) is 7.42. The van der Waals surface area contributed by atoms with Gasteiger partial charge in [-0.05, 0) is 32.6 Å². The van der Waals surface area contributed by atoms with Gasteiger partial charge in [-0.2, -0.15) is 0 Å². The molecule has 3 unspecified atom stereocenters. The Morgan fingerprint density at radius 3 is 2.71 bits per heavy atom. The summed E-state index contributed by atoms with van der Waals surface area (Å²) < 4.78 is 11.1. The van der Waals surface area contributed by atoms with Crippen LogP contribution < -0.4 is 0 Å². The second-order valence-corrected chi connectivity index (χ2v) is 5.57. The fourth-order valence-electron chi connectivity index (χ4n) is 2.68. The lowest BCUT2D eigenvalue weighted by molar-refractivity contribution is -0.146. The molecule has 2 aliphatic rings. The minimum Gasteiger partial charge on any atom is -0.481 e. The molecule has 7 heteroatoms. The van der Waals surface area contributed by atoms with E-state index in [1.54, 1.807) is 11.8 Å². The molecule has 6 nitrogen and oxygen atoms in total. The van der Waals surface area contributed by atoms with Crippen molar-refractivity contribution >= 4 is 24.3 Å². The van der Waals surface area contributed by atoms with Crippen LogP contribution in [-0.2, 0) is 19.1 Å². The van der Waals surface area contributed by atoms with Crippen LogP contribution in [0.3, 0.4) is 0 Å². The smallest absolute Gasteiger partial charge is 0.308 e. The maximum Gasteiger partial charge on any atom is 0.308 e. The lowest BCUT2D eigenvalue weighted by atomic mass is 10.1. The van der Waals surface area contributed by atoms with Crippen LogP contribution in [0, 0.1) is 5.92 Å². The summed E-state index contributed by atoms with van der Waals surface area (Å²) in [6.07, 6.45) is 3.29. The summed E-state index contributed by atoms with van der Waals surface area (Å²) in [7, 11) is 0. The molecule has 2 fully saturated rings. The van der Waals surface area contributed by atoms with E-state index < -0.39 is 18.0 Å². The number of carboxylic acids is 1. The van der Waals surface area contributed by atoms with Crippen molar-refractivity contribution in [3.05, 3.63) is 0 Å². The number of halogens is 1. The molecule has 0 aliphatic carbocycles. The molecule has 0 spiro atoms. The van der Waals surface area contributed by atoms with E-state index in [1.807, 2.05) is 0 Å². The molecule has 3 atom stereocenters. The number of rotatable bonds is 5. The Labute approximate surface area is 131 Å². The number of carbonyl (C=O) groups excluding carboxylic acids is 1. The van der Waals surface area contributed by atoms with Crippen LogP contribution in [0.1, 0.15) is 32.6 Å². The molecular weight excluding hydrogens is 298 g/mol. The molecule has 0 bridgehead atoms. The summed E-state index contributed by atoms with van der Waals surface area (Å²) >= 11 is 0. The molecule has 0 aromatic rings. The first-order valence-electron chi connectivity index (χ1n) is 7.32. The van der Waals surface area contributed by atoms with Crippen molar-refractivity contribution in [3.8, 4) is 0 Å². The quantitative estimate of drug-likeness (QED) is 0.826. The maximum atomic E-state index is 12.2. The molecule has 2 aliphatic heterocycles. The van der Waals surface area contributed by atoms with Gasteiger partial charge >= 0.3 is 5.97 Å². The predicted octanol–water partition coefficient (Wildman–Crippen LogP) is 1.32. The van der Waals surface area contributed by atoms with Crippen LogP contribution in [0.4, 0.5) is 0 Å². The summed E-state index contributed by atoms with van der Waals surface area (Å²) in [5.41, 5.74) is 0. The van der Waals surface area contributed by atoms with Gasteiger partial charge in [0.1, 0.15) is 6.10 Å². The average molecular weight is 322 g/mol. The van der Waals surface area contributed by atoms with E-state index >= 15 is 0 Å². The Hall–Kier alpha value is -0.850. The zero-order valence-electron chi connectivity index (χ0n) is 12.3. The number of amides is 1. The van der Waals surface area contributed by atoms with Crippen molar-refractivity contribution < 1.29 is 24.2 Å². The van der Waals surface area contributed by atoms with E-state index in [4.69, 9.17) is 14.6 Å². The minimum absolute atomic E-state index is 0. The average Bonchev–Trinajstić information content (AvgIpc) is 2.95. The van der Waals surface area contributed by atoms with Crippen LogP contribution in [0.5, 0.6) is 0 Å². The first kappa shape index (κ1) is 18.2. The van der Waals surface area contributed by atoms with Gasteiger partial charge in [-0.1, -0.05) is 0 Å². The highest BCUT2D eigenvalue weighted by molar-refractivity contribution is 5.85. The Bertz CT molecular complexity index is 359. The van der Waals surface area contributed by atoms with Gasteiger partial charge in [0.05, 0.1) is 18.6 Å². The third-order valence-electron chi connectivity index (χ3n) is 4.00. The molecule has 2 rings (SSSR count). The highest BCUT2D eigenvalue weighted by Gasteiger charge is 2.33. The zero-order valence-corrected chi connectivity index (χ0v) is 13.1. The van der Waals surface area contributed by atoms with Crippen LogP contribution >= 0.6 is 12.4 Å². The van der Waals surface area contributed by atoms with Crippen molar-refractivity contribution in [1.29, 1.82) is 0 Å². The van der Waals surface area contributed by atoms with E-state index in [1.165, 1.54) is 0 Å². The summed E-state index contributed by atoms with van der Waals surface area (Å²) in [5.74, 6) is -1.39. The molecule has 0 aromatic carbocycles. The fourth-order valence-corrected chi connectivity index (χ4v) is 2.68. The van der Waals surface area contributed by atoms with Crippen molar-refractivity contribution in [1.82, 2.24) is 4.90 Å². The Balaban J connectivity index is 0.00000220. The number of nitrogens with zero attached hydrogens (tertiary/aromatic N) is 1. The van der Waals surface area contributed by atoms with Gasteiger partial charge in [-0.3, -0.25) is 9.59 Å². The Morgan fingerprint density at radius 2 is 2.14 bits per heavy atom. The van der Waals surface area contributed by atoms with Gasteiger partial charge in [-0.15, -0.1) is 12.4 Å². The molecule has 0 saturated carbocycles. The lowest BCUT2D eigenvalue weighted by Crippen LogP contribution is -2.39. The van der Waals surface area contributed by atoms with E-state index in [0.717, 1.165) is 25.9 Å². The van der Waals surface area contributed by atoms with Gasteiger partial charge in [0.25, 0.3) is 5.91 Å². The van der Waals surface area contributed by atoms with Crippen LogP contribution in [-0.4, -0.2) is 60.4 Å². The second kappa shape index (κ2) is 8.56. The molecule has 0 radical (unpaired) electrons. The summed E-state index contributed by atoms with van der Waals surface area (Å²) in [4.78, 5) is 24.6. The fraction of sp³-hybridized carbons (Fsp3) is 0.857. The highest BCUT2D eigenvalue weighted by atomic mass is 35.5. The first-order chi connectivity index (χ1) is 9.58. The van der Waals surface area contributed by atoms with Crippen molar-refractivity contribution in [2.75, 3.05) is 26.3 Å². The second-order valence-electron chi connectivity index (χ2n) is 5.57. The third-order valence-corrected chi connectivity index (χ3v) is 4.00. The number of likely N-dealkylation sites (tertiary alicyclic amines) is 1. The summed E-state index contributed by atoms with van der Waals surface area (Å²) in [5, 5.41) is 8.94. The standard InChI is InChI=1S/C14H23NO5.ClH/c1-10(20-9-12-4-2-3-7-19-12)13(16)15-6-5-11(8-15)14(17)18;/h10-12H,2-9H2,1H3,(H,17,18);1H. The van der Waals surface area contributed by atoms with Gasteiger partial charge < -0.3 is 19.5 Å². The highest BCUT2D eigenvalue weighted by Crippen LogP contribution is 2.18. The SMILES string of the molecule is CC(OCC1CCCCO1)C(=O)N1CCC(C(=O)O)C1.Cl. The van der Waals surface area contributed by atoms with Crippen molar-refractivity contribution in [2.24, 2.45) is 5.92 Å². The number of ether oxygens (including phenoxy) is 2. The van der Waals surface area contributed by atoms with E-state index in [-0.39, 0.29) is 24.4 Å². The molecule has 2 saturated heterocycles. The number of carboxylic acid groups (broad SMARTS) is 1. The molecule has 1 N–H and O–H groups in total. The predicted molar refractivity (Wildman–Crippen MR) is 78.6 cm³/mol. The molecule has 122 valence electrons. The van der Waals surface area contributed by atoms with E-state index in [2.05, 4.69) is 0 Å². The lowest BCUT2D eigenvalue weighted by Gasteiger charge is -2.25. The molecular formula is C14H24ClNO5. The number of aliphatic carboxylic acids is 1.